The molecule has 0 aromatic carbocycles. The normalized spacial score (nSPS) is 10.0. The first-order valence-corrected chi connectivity index (χ1v) is 4.52. The van der Waals surface area contributed by atoms with E-state index in [0.717, 1.165) is 17.7 Å². The molecule has 0 bridgehead atoms. The highest BCUT2D eigenvalue weighted by Crippen LogP contribution is 2.00. The highest BCUT2D eigenvalue weighted by molar-refractivity contribution is 5.93. The second-order valence-corrected chi connectivity index (χ2v) is 3.68. The van der Waals surface area contributed by atoms with Gasteiger partial charge in [0.2, 0.25) is 5.91 Å². The number of hydrogen-bond acceptors (Lipinski definition) is 2. The summed E-state index contributed by atoms with van der Waals surface area (Å²) in [5.74, 6) is 0.0434. The first-order valence-electron chi connectivity index (χ1n) is 4.52. The van der Waals surface area contributed by atoms with Crippen LogP contribution >= 0.6 is 0 Å². The second kappa shape index (κ2) is 5.75. The lowest BCUT2D eigenvalue weighted by atomic mass is 10.1. The van der Waals surface area contributed by atoms with Crippen LogP contribution in [-0.4, -0.2) is 38.0 Å². The third-order valence-corrected chi connectivity index (χ3v) is 1.94. The summed E-state index contributed by atoms with van der Waals surface area (Å²) in [6, 6.07) is 0. The summed E-state index contributed by atoms with van der Waals surface area (Å²) in [4.78, 5) is 13.4. The third-order valence-electron chi connectivity index (χ3n) is 1.94. The van der Waals surface area contributed by atoms with Gasteiger partial charge in [-0.05, 0) is 34.9 Å². The van der Waals surface area contributed by atoms with Gasteiger partial charge in [0.25, 0.3) is 0 Å². The Morgan fingerprint density at radius 2 is 1.77 bits per heavy atom. The van der Waals surface area contributed by atoms with Crippen LogP contribution in [0.2, 0.25) is 0 Å². The molecule has 0 fully saturated rings. The minimum absolute atomic E-state index is 0.0434. The van der Waals surface area contributed by atoms with Gasteiger partial charge in [-0.2, -0.15) is 0 Å². The second-order valence-electron chi connectivity index (χ2n) is 3.68. The summed E-state index contributed by atoms with van der Waals surface area (Å²) in [6.45, 7) is 7.32. The largest absolute Gasteiger partial charge is 0.351 e. The maximum absolute atomic E-state index is 11.4. The van der Waals surface area contributed by atoms with E-state index in [-0.39, 0.29) is 5.91 Å². The van der Waals surface area contributed by atoms with Crippen LogP contribution in [-0.2, 0) is 4.79 Å². The van der Waals surface area contributed by atoms with E-state index in [9.17, 15) is 4.79 Å². The fourth-order valence-electron chi connectivity index (χ4n) is 0.753. The van der Waals surface area contributed by atoms with E-state index in [2.05, 4.69) is 5.32 Å². The van der Waals surface area contributed by atoms with E-state index in [1.807, 2.05) is 39.8 Å². The van der Waals surface area contributed by atoms with E-state index < -0.39 is 0 Å². The van der Waals surface area contributed by atoms with Crippen LogP contribution in [0.25, 0.3) is 0 Å². The Morgan fingerprint density at radius 3 is 2.15 bits per heavy atom. The Morgan fingerprint density at radius 1 is 1.23 bits per heavy atom. The molecule has 0 rings (SSSR count). The minimum Gasteiger partial charge on any atom is -0.351 e. The highest BCUT2D eigenvalue weighted by atomic mass is 16.1. The van der Waals surface area contributed by atoms with E-state index in [4.69, 9.17) is 0 Å². The number of likely N-dealkylation sites (N-methyl/N-ethyl adjacent to an activating group) is 1. The summed E-state index contributed by atoms with van der Waals surface area (Å²) >= 11 is 0. The number of carbonyl (C=O) groups excluding carboxylic acids is 1. The van der Waals surface area contributed by atoms with E-state index in [1.165, 1.54) is 0 Å². The number of carbonyl (C=O) groups is 1. The molecule has 3 nitrogen and oxygen atoms in total. The summed E-state index contributed by atoms with van der Waals surface area (Å²) < 4.78 is 0. The lowest BCUT2D eigenvalue weighted by Crippen LogP contribution is -2.31. The van der Waals surface area contributed by atoms with Gasteiger partial charge in [0.05, 0.1) is 0 Å². The van der Waals surface area contributed by atoms with Crippen molar-refractivity contribution in [3.8, 4) is 0 Å². The molecule has 76 valence electrons. The van der Waals surface area contributed by atoms with Crippen molar-refractivity contribution >= 4 is 5.91 Å². The molecule has 1 N–H and O–H groups in total. The summed E-state index contributed by atoms with van der Waals surface area (Å²) in [6.07, 6.45) is 0. The van der Waals surface area contributed by atoms with Crippen molar-refractivity contribution in [2.24, 2.45) is 0 Å². The number of nitrogens with zero attached hydrogens (tertiary/aromatic N) is 1. The molecule has 0 aliphatic carbocycles. The standard InChI is InChI=1S/C10H20N2O/c1-8(2)9(3)10(13)11-6-7-12(4)5/h6-7H2,1-5H3,(H,11,13). The summed E-state index contributed by atoms with van der Waals surface area (Å²) in [7, 11) is 3.97. The lowest BCUT2D eigenvalue weighted by molar-refractivity contribution is -0.117. The molecular formula is C10H20N2O. The molecule has 3 heteroatoms. The molecule has 0 saturated heterocycles. The first-order chi connectivity index (χ1) is 5.95. The average molecular weight is 184 g/mol. The average Bonchev–Trinajstić information content (AvgIpc) is 2.02. The Labute approximate surface area is 80.8 Å². The fraction of sp³-hybridized carbons (Fsp3) is 0.700. The molecular weight excluding hydrogens is 164 g/mol. The van der Waals surface area contributed by atoms with Gasteiger partial charge in [-0.1, -0.05) is 5.57 Å². The van der Waals surface area contributed by atoms with Gasteiger partial charge in [-0.3, -0.25) is 4.79 Å². The number of allylic oxidation sites excluding steroid dienone is 1. The Balaban J connectivity index is 3.83. The zero-order valence-electron chi connectivity index (χ0n) is 9.27. The van der Waals surface area contributed by atoms with Crippen molar-refractivity contribution in [2.75, 3.05) is 27.2 Å². The smallest absolute Gasteiger partial charge is 0.246 e. The van der Waals surface area contributed by atoms with Gasteiger partial charge in [0, 0.05) is 18.7 Å². The summed E-state index contributed by atoms with van der Waals surface area (Å²) in [5.41, 5.74) is 1.89. The molecule has 0 aromatic heterocycles. The van der Waals surface area contributed by atoms with Crippen LogP contribution in [0.15, 0.2) is 11.1 Å². The van der Waals surface area contributed by atoms with Crippen molar-refractivity contribution in [2.45, 2.75) is 20.8 Å². The SMILES string of the molecule is CC(C)=C(C)C(=O)NCCN(C)C. The van der Waals surface area contributed by atoms with Crippen molar-refractivity contribution in [1.29, 1.82) is 0 Å². The number of rotatable bonds is 4. The summed E-state index contributed by atoms with van der Waals surface area (Å²) in [5, 5.41) is 2.86. The monoisotopic (exact) mass is 184 g/mol. The molecule has 13 heavy (non-hydrogen) atoms. The molecule has 0 aromatic rings. The molecule has 0 atom stereocenters. The van der Waals surface area contributed by atoms with Crippen LogP contribution in [0.3, 0.4) is 0 Å². The van der Waals surface area contributed by atoms with Crippen LogP contribution in [0.1, 0.15) is 20.8 Å². The van der Waals surface area contributed by atoms with Gasteiger partial charge in [0.15, 0.2) is 0 Å². The van der Waals surface area contributed by atoms with E-state index >= 15 is 0 Å². The zero-order chi connectivity index (χ0) is 10.4. The molecule has 1 amide bonds. The number of amides is 1. The van der Waals surface area contributed by atoms with Gasteiger partial charge in [-0.25, -0.2) is 0 Å². The van der Waals surface area contributed by atoms with Crippen LogP contribution in [0, 0.1) is 0 Å². The quantitative estimate of drug-likeness (QED) is 0.662. The predicted molar refractivity (Wildman–Crippen MR) is 55.6 cm³/mol. The number of hydrogen-bond donors (Lipinski definition) is 1. The molecule has 0 radical (unpaired) electrons. The number of nitrogens with one attached hydrogen (secondary N) is 1. The maximum Gasteiger partial charge on any atom is 0.246 e. The van der Waals surface area contributed by atoms with Crippen LogP contribution in [0.5, 0.6) is 0 Å². The van der Waals surface area contributed by atoms with Crippen LogP contribution in [0.4, 0.5) is 0 Å². The molecule has 0 saturated carbocycles. The van der Waals surface area contributed by atoms with Gasteiger partial charge < -0.3 is 10.2 Å². The van der Waals surface area contributed by atoms with E-state index in [1.54, 1.807) is 0 Å². The van der Waals surface area contributed by atoms with Gasteiger partial charge in [-0.15, -0.1) is 0 Å². The van der Waals surface area contributed by atoms with Crippen molar-refractivity contribution in [3.63, 3.8) is 0 Å². The van der Waals surface area contributed by atoms with Gasteiger partial charge >= 0.3 is 0 Å². The molecule has 0 unspecified atom stereocenters. The fourth-order valence-corrected chi connectivity index (χ4v) is 0.753. The van der Waals surface area contributed by atoms with Crippen LogP contribution < -0.4 is 5.32 Å². The van der Waals surface area contributed by atoms with Crippen molar-refractivity contribution < 1.29 is 4.79 Å². The molecule has 0 heterocycles. The predicted octanol–water partition coefficient (Wildman–Crippen LogP) is 1.02. The topological polar surface area (TPSA) is 32.3 Å². The van der Waals surface area contributed by atoms with Gasteiger partial charge in [0.1, 0.15) is 0 Å². The Kier molecular flexibility index (Phi) is 5.39. The highest BCUT2D eigenvalue weighted by Gasteiger charge is 2.03. The molecule has 0 aliphatic heterocycles. The molecule has 0 spiro atoms. The van der Waals surface area contributed by atoms with Crippen molar-refractivity contribution in [3.05, 3.63) is 11.1 Å². The maximum atomic E-state index is 11.4. The Hall–Kier alpha value is -0.830. The molecule has 0 aliphatic rings. The lowest BCUT2D eigenvalue weighted by Gasteiger charge is -2.10. The first kappa shape index (κ1) is 12.2. The minimum atomic E-state index is 0.0434. The van der Waals surface area contributed by atoms with Crippen molar-refractivity contribution in [1.82, 2.24) is 10.2 Å². The third kappa shape index (κ3) is 5.42. The van der Waals surface area contributed by atoms with E-state index in [0.29, 0.717) is 6.54 Å². The zero-order valence-corrected chi connectivity index (χ0v) is 9.27. The Bertz CT molecular complexity index is 203.